The highest BCUT2D eigenvalue weighted by Crippen LogP contribution is 2.42. The van der Waals surface area contributed by atoms with Crippen molar-refractivity contribution in [1.82, 2.24) is 10.2 Å². The SMILES string of the molecule is O=C1C2=C(C(=O)c3ccccc31)C(/C=C/c1ccc(Br)cc1)c1cn[nH]c1N2. The molecule has 5 nitrogen and oxygen atoms in total. The second kappa shape index (κ2) is 6.42. The van der Waals surface area contributed by atoms with Crippen LogP contribution in [0.3, 0.4) is 0 Å². The van der Waals surface area contributed by atoms with Gasteiger partial charge >= 0.3 is 0 Å². The Balaban J connectivity index is 1.64. The number of carbonyl (C=O) groups is 2. The molecule has 0 spiro atoms. The maximum absolute atomic E-state index is 13.3. The number of nitrogens with zero attached hydrogens (tertiary/aromatic N) is 1. The van der Waals surface area contributed by atoms with Crippen LogP contribution < -0.4 is 5.32 Å². The zero-order valence-corrected chi connectivity index (χ0v) is 16.2. The summed E-state index contributed by atoms with van der Waals surface area (Å²) in [6.45, 7) is 0. The van der Waals surface area contributed by atoms with E-state index in [2.05, 4.69) is 31.4 Å². The molecule has 0 saturated heterocycles. The summed E-state index contributed by atoms with van der Waals surface area (Å²) in [6, 6.07) is 14.8. The van der Waals surface area contributed by atoms with Crippen molar-refractivity contribution in [2.24, 2.45) is 0 Å². The van der Waals surface area contributed by atoms with E-state index in [1.165, 1.54) is 0 Å². The minimum Gasteiger partial charge on any atom is -0.337 e. The Morgan fingerprint density at radius 1 is 0.964 bits per heavy atom. The molecule has 1 unspecified atom stereocenters. The van der Waals surface area contributed by atoms with Crippen LogP contribution in [0, 0.1) is 0 Å². The number of benzene rings is 2. The summed E-state index contributed by atoms with van der Waals surface area (Å²) in [4.78, 5) is 26.3. The summed E-state index contributed by atoms with van der Waals surface area (Å²) in [6.07, 6.45) is 5.61. The van der Waals surface area contributed by atoms with Crippen molar-refractivity contribution in [3.8, 4) is 0 Å². The molecule has 3 aromatic rings. The van der Waals surface area contributed by atoms with Crippen molar-refractivity contribution in [2.75, 3.05) is 5.32 Å². The first-order chi connectivity index (χ1) is 13.6. The van der Waals surface area contributed by atoms with E-state index >= 15 is 0 Å². The number of anilines is 1. The number of aromatic amines is 1. The van der Waals surface area contributed by atoms with Crippen molar-refractivity contribution in [3.63, 3.8) is 0 Å². The predicted octanol–water partition coefficient (Wildman–Crippen LogP) is 4.73. The van der Waals surface area contributed by atoms with Crippen molar-refractivity contribution in [1.29, 1.82) is 0 Å². The molecule has 2 heterocycles. The third kappa shape index (κ3) is 2.57. The number of ketones is 2. The Morgan fingerprint density at radius 2 is 1.68 bits per heavy atom. The van der Waals surface area contributed by atoms with Gasteiger partial charge in [-0.3, -0.25) is 14.7 Å². The Labute approximate surface area is 169 Å². The number of H-pyrrole nitrogens is 1. The first-order valence-electron chi connectivity index (χ1n) is 8.80. The Kier molecular flexibility index (Phi) is 3.87. The lowest BCUT2D eigenvalue weighted by Gasteiger charge is -2.29. The molecule has 2 aromatic carbocycles. The first-order valence-corrected chi connectivity index (χ1v) is 9.59. The van der Waals surface area contributed by atoms with Gasteiger partial charge in [-0.25, -0.2) is 0 Å². The quantitative estimate of drug-likeness (QED) is 0.614. The summed E-state index contributed by atoms with van der Waals surface area (Å²) >= 11 is 3.43. The number of hydrogen-bond acceptors (Lipinski definition) is 4. The van der Waals surface area contributed by atoms with Crippen molar-refractivity contribution in [3.05, 3.63) is 98.8 Å². The molecule has 6 heteroatoms. The average molecular weight is 432 g/mol. The van der Waals surface area contributed by atoms with E-state index in [1.807, 2.05) is 36.4 Å². The largest absolute Gasteiger partial charge is 0.337 e. The van der Waals surface area contributed by atoms with Gasteiger partial charge in [-0.05, 0) is 17.7 Å². The number of hydrogen-bond donors (Lipinski definition) is 2. The van der Waals surface area contributed by atoms with E-state index in [-0.39, 0.29) is 17.5 Å². The van der Waals surface area contributed by atoms with Crippen LogP contribution in [0.2, 0.25) is 0 Å². The van der Waals surface area contributed by atoms with Gasteiger partial charge in [0.05, 0.1) is 11.9 Å². The molecular formula is C22H14BrN3O2. The fourth-order valence-corrected chi connectivity index (χ4v) is 3.97. The molecule has 2 aliphatic rings. The number of carbonyl (C=O) groups excluding carboxylic acids is 2. The van der Waals surface area contributed by atoms with Crippen LogP contribution in [0.15, 0.2) is 76.5 Å². The monoisotopic (exact) mass is 431 g/mol. The predicted molar refractivity (Wildman–Crippen MR) is 110 cm³/mol. The number of Topliss-reactive ketones (excluding diaryl/α,β-unsaturated/α-hetero) is 2. The smallest absolute Gasteiger partial charge is 0.210 e. The lowest BCUT2D eigenvalue weighted by Crippen LogP contribution is -2.31. The molecular weight excluding hydrogens is 418 g/mol. The Bertz CT molecular complexity index is 1190. The van der Waals surface area contributed by atoms with Gasteiger partial charge in [-0.2, -0.15) is 5.10 Å². The summed E-state index contributed by atoms with van der Waals surface area (Å²) in [5.41, 5.74) is 3.51. The fourth-order valence-electron chi connectivity index (χ4n) is 3.71. The van der Waals surface area contributed by atoms with Gasteiger partial charge in [0.15, 0.2) is 5.78 Å². The summed E-state index contributed by atoms with van der Waals surface area (Å²) in [5.74, 6) is -0.0225. The lowest BCUT2D eigenvalue weighted by molar-refractivity contribution is 0.0971. The highest BCUT2D eigenvalue weighted by Gasteiger charge is 2.40. The molecule has 0 fully saturated rings. The Hall–Kier alpha value is -3.25. The number of rotatable bonds is 2. The molecule has 2 N–H and O–H groups in total. The molecule has 0 bridgehead atoms. The van der Waals surface area contributed by atoms with E-state index in [9.17, 15) is 9.59 Å². The third-order valence-corrected chi connectivity index (χ3v) is 5.60. The van der Waals surface area contributed by atoms with Crippen LogP contribution in [0.4, 0.5) is 5.82 Å². The fraction of sp³-hybridized carbons (Fsp3) is 0.0455. The number of nitrogens with one attached hydrogen (secondary N) is 2. The van der Waals surface area contributed by atoms with E-state index in [1.54, 1.807) is 30.5 Å². The zero-order chi connectivity index (χ0) is 19.3. The highest BCUT2D eigenvalue weighted by atomic mass is 79.9. The number of halogens is 1. The van der Waals surface area contributed by atoms with Crippen LogP contribution in [0.25, 0.3) is 6.08 Å². The third-order valence-electron chi connectivity index (χ3n) is 5.07. The van der Waals surface area contributed by atoms with Crippen LogP contribution in [0.1, 0.15) is 37.8 Å². The minimum atomic E-state index is -0.363. The lowest BCUT2D eigenvalue weighted by atomic mass is 9.77. The summed E-state index contributed by atoms with van der Waals surface area (Å²) in [5, 5.41) is 10.1. The van der Waals surface area contributed by atoms with Gasteiger partial charge in [0.25, 0.3) is 0 Å². The molecule has 1 aliphatic heterocycles. The van der Waals surface area contributed by atoms with E-state index < -0.39 is 0 Å². The van der Waals surface area contributed by atoms with Crippen molar-refractivity contribution >= 4 is 39.4 Å². The van der Waals surface area contributed by atoms with Crippen molar-refractivity contribution < 1.29 is 9.59 Å². The van der Waals surface area contributed by atoms with E-state index in [4.69, 9.17) is 0 Å². The highest BCUT2D eigenvalue weighted by molar-refractivity contribution is 9.10. The van der Waals surface area contributed by atoms with Crippen LogP contribution in [-0.2, 0) is 0 Å². The van der Waals surface area contributed by atoms with Crippen LogP contribution >= 0.6 is 15.9 Å². The van der Waals surface area contributed by atoms with Crippen molar-refractivity contribution in [2.45, 2.75) is 5.92 Å². The maximum Gasteiger partial charge on any atom is 0.210 e. The van der Waals surface area contributed by atoms with E-state index in [0.29, 0.717) is 28.2 Å². The number of fused-ring (bicyclic) bond motifs is 2. The number of allylic oxidation sites excluding steroid dienone is 3. The van der Waals surface area contributed by atoms with Crippen LogP contribution in [0.5, 0.6) is 0 Å². The Morgan fingerprint density at radius 3 is 2.43 bits per heavy atom. The standard InChI is InChI=1S/C22H14BrN3O2/c23-13-8-5-12(6-9-13)7-10-14-17-11-24-26-22(17)25-19-18(14)20(27)15-3-1-2-4-16(15)21(19)28/h1-11,14H,(H2,24,25,26)/b10-7+. The number of aromatic nitrogens is 2. The molecule has 1 aliphatic carbocycles. The molecule has 5 rings (SSSR count). The summed E-state index contributed by atoms with van der Waals surface area (Å²) < 4.78 is 0.998. The molecule has 1 aromatic heterocycles. The topological polar surface area (TPSA) is 74.8 Å². The molecule has 0 amide bonds. The molecule has 28 heavy (non-hydrogen) atoms. The molecule has 1 atom stereocenters. The van der Waals surface area contributed by atoms with Gasteiger partial charge in [0.1, 0.15) is 5.82 Å². The zero-order valence-electron chi connectivity index (χ0n) is 14.6. The minimum absolute atomic E-state index is 0.130. The summed E-state index contributed by atoms with van der Waals surface area (Å²) in [7, 11) is 0. The molecule has 136 valence electrons. The average Bonchev–Trinajstić information content (AvgIpc) is 3.19. The van der Waals surface area contributed by atoms with Gasteiger partial charge in [0.2, 0.25) is 5.78 Å². The molecule has 0 saturated carbocycles. The second-order valence-electron chi connectivity index (χ2n) is 6.71. The van der Waals surface area contributed by atoms with E-state index in [0.717, 1.165) is 15.6 Å². The normalized spacial score (nSPS) is 18.0. The first kappa shape index (κ1) is 16.9. The van der Waals surface area contributed by atoms with Crippen LogP contribution in [-0.4, -0.2) is 21.8 Å². The second-order valence-corrected chi connectivity index (χ2v) is 7.62. The van der Waals surface area contributed by atoms with Gasteiger partial charge in [-0.15, -0.1) is 0 Å². The molecule has 0 radical (unpaired) electrons. The van der Waals surface area contributed by atoms with Gasteiger partial charge in [0, 0.05) is 32.7 Å². The van der Waals surface area contributed by atoms with Gasteiger partial charge in [-0.1, -0.05) is 64.5 Å². The van der Waals surface area contributed by atoms with Gasteiger partial charge < -0.3 is 5.32 Å². The maximum atomic E-state index is 13.3.